The van der Waals surface area contributed by atoms with Crippen molar-refractivity contribution in [2.24, 2.45) is 0 Å². The lowest BCUT2D eigenvalue weighted by Gasteiger charge is -2.15. The van der Waals surface area contributed by atoms with E-state index in [1.807, 2.05) is 32.0 Å². The Bertz CT molecular complexity index is 979. The molecule has 1 aliphatic rings. The van der Waals surface area contributed by atoms with E-state index in [0.717, 1.165) is 51.4 Å². The van der Waals surface area contributed by atoms with Gasteiger partial charge in [0.25, 0.3) is 11.8 Å². The van der Waals surface area contributed by atoms with Gasteiger partial charge in [-0.1, -0.05) is 18.2 Å². The molecule has 0 radical (unpaired) electrons. The Balaban J connectivity index is 1.60. The van der Waals surface area contributed by atoms with Crippen molar-refractivity contribution in [1.29, 1.82) is 0 Å². The maximum Gasteiger partial charge on any atom is 0.341 e. The topological polar surface area (TPSA) is 88.9 Å². The molecule has 1 unspecified atom stereocenters. The Kier molecular flexibility index (Phi) is 7.46. The van der Waals surface area contributed by atoms with Crippen LogP contribution in [0.15, 0.2) is 18.2 Å². The summed E-state index contributed by atoms with van der Waals surface area (Å²) in [5.41, 5.74) is 4.32. The minimum absolute atomic E-state index is 0.116. The minimum Gasteiger partial charge on any atom is -0.462 e. The lowest BCUT2D eigenvalue weighted by atomic mass is 10.1. The number of thiophene rings is 1. The molecule has 1 heterocycles. The van der Waals surface area contributed by atoms with Gasteiger partial charge in [0.15, 0.2) is 13.1 Å². The highest BCUT2D eigenvalue weighted by Crippen LogP contribution is 2.39. The number of esters is 1. The first-order chi connectivity index (χ1) is 14.8. The van der Waals surface area contributed by atoms with Gasteiger partial charge in [0, 0.05) is 10.6 Å². The van der Waals surface area contributed by atoms with Crippen LogP contribution in [0, 0.1) is 13.8 Å². The smallest absolute Gasteiger partial charge is 0.341 e. The first-order valence-electron chi connectivity index (χ1n) is 10.6. The zero-order chi connectivity index (χ0) is 22.5. The average molecular weight is 445 g/mol. The number of carbonyl (C=O) groups excluding carboxylic acids is 3. The summed E-state index contributed by atoms with van der Waals surface area (Å²) in [4.78, 5) is 39.4. The van der Waals surface area contributed by atoms with Gasteiger partial charge >= 0.3 is 5.97 Å². The maximum absolute atomic E-state index is 12.6. The summed E-state index contributed by atoms with van der Waals surface area (Å²) in [6.45, 7) is 6.24. The summed E-state index contributed by atoms with van der Waals surface area (Å²) in [7, 11) is 1.80. The molecule has 2 amide bonds. The van der Waals surface area contributed by atoms with Crippen LogP contribution in [0.4, 0.5) is 10.7 Å². The number of carbonyl (C=O) groups is 3. The fourth-order valence-electron chi connectivity index (χ4n) is 3.89. The fraction of sp³-hybridized carbons (Fsp3) is 0.435. The van der Waals surface area contributed by atoms with Crippen LogP contribution in [0.5, 0.6) is 0 Å². The van der Waals surface area contributed by atoms with Crippen molar-refractivity contribution >= 4 is 39.8 Å². The van der Waals surface area contributed by atoms with Gasteiger partial charge in [-0.15, -0.1) is 11.3 Å². The largest absolute Gasteiger partial charge is 0.462 e. The molecule has 0 fully saturated rings. The van der Waals surface area contributed by atoms with Crippen molar-refractivity contribution in [2.45, 2.75) is 40.0 Å². The molecule has 166 valence electrons. The third-order valence-electron chi connectivity index (χ3n) is 5.32. The standard InChI is InChI=1S/C23H29N3O4S/c1-5-30-23(29)20-16-10-7-11-17(16)31-22(20)25-19(28)13-26(4)12-18(27)24-21-14(2)8-6-9-15(21)3/h6,8-9H,5,7,10-13H2,1-4H3,(H,24,27)(H,25,28)/p+1. The maximum atomic E-state index is 12.6. The summed E-state index contributed by atoms with van der Waals surface area (Å²) in [6.07, 6.45) is 2.77. The molecule has 1 atom stereocenters. The number of benzene rings is 1. The van der Waals surface area contributed by atoms with E-state index in [-0.39, 0.29) is 30.9 Å². The van der Waals surface area contributed by atoms with Gasteiger partial charge < -0.3 is 20.3 Å². The van der Waals surface area contributed by atoms with E-state index in [2.05, 4.69) is 10.6 Å². The summed E-state index contributed by atoms with van der Waals surface area (Å²) in [5.74, 6) is -0.765. The van der Waals surface area contributed by atoms with Crippen molar-refractivity contribution in [3.05, 3.63) is 45.3 Å². The Hall–Kier alpha value is -2.71. The van der Waals surface area contributed by atoms with Crippen LogP contribution in [0.25, 0.3) is 0 Å². The predicted octanol–water partition coefficient (Wildman–Crippen LogP) is 2.12. The second-order valence-electron chi connectivity index (χ2n) is 7.96. The van der Waals surface area contributed by atoms with Gasteiger partial charge in [-0.3, -0.25) is 9.59 Å². The highest BCUT2D eigenvalue weighted by molar-refractivity contribution is 7.17. The number of hydrogen-bond acceptors (Lipinski definition) is 5. The SMILES string of the molecule is CCOC(=O)c1c(NC(=O)C[NH+](C)CC(=O)Nc2c(C)cccc2C)sc2c1CCC2. The number of likely N-dealkylation sites (N-methyl/N-ethyl adjacent to an activating group) is 1. The van der Waals surface area contributed by atoms with E-state index in [0.29, 0.717) is 17.2 Å². The number of amides is 2. The number of quaternary nitrogens is 1. The van der Waals surface area contributed by atoms with E-state index < -0.39 is 0 Å². The molecule has 0 bridgehead atoms. The van der Waals surface area contributed by atoms with E-state index in [1.54, 1.807) is 14.0 Å². The van der Waals surface area contributed by atoms with E-state index in [4.69, 9.17) is 4.74 Å². The van der Waals surface area contributed by atoms with Crippen molar-refractivity contribution in [1.82, 2.24) is 0 Å². The highest BCUT2D eigenvalue weighted by atomic mass is 32.1. The number of aryl methyl sites for hydroxylation is 3. The summed E-state index contributed by atoms with van der Waals surface area (Å²) in [6, 6.07) is 5.85. The van der Waals surface area contributed by atoms with Crippen molar-refractivity contribution in [2.75, 3.05) is 37.4 Å². The molecule has 8 heteroatoms. The minimum atomic E-state index is -0.383. The van der Waals surface area contributed by atoms with Crippen LogP contribution in [-0.4, -0.2) is 44.5 Å². The molecular weight excluding hydrogens is 414 g/mol. The van der Waals surface area contributed by atoms with Crippen LogP contribution >= 0.6 is 11.3 Å². The van der Waals surface area contributed by atoms with Crippen molar-refractivity contribution in [3.63, 3.8) is 0 Å². The molecule has 3 N–H and O–H groups in total. The van der Waals surface area contributed by atoms with Gasteiger partial charge in [0.05, 0.1) is 19.2 Å². The highest BCUT2D eigenvalue weighted by Gasteiger charge is 2.28. The van der Waals surface area contributed by atoms with Crippen LogP contribution in [0.3, 0.4) is 0 Å². The predicted molar refractivity (Wildman–Crippen MR) is 122 cm³/mol. The summed E-state index contributed by atoms with van der Waals surface area (Å²) >= 11 is 1.46. The second-order valence-corrected chi connectivity index (χ2v) is 9.06. The molecule has 1 aromatic heterocycles. The van der Waals surface area contributed by atoms with Crippen LogP contribution in [0.2, 0.25) is 0 Å². The molecular formula is C23H30N3O4S+. The van der Waals surface area contributed by atoms with Gasteiger partial charge in [0.2, 0.25) is 0 Å². The van der Waals surface area contributed by atoms with Crippen LogP contribution in [-0.2, 0) is 27.2 Å². The molecule has 1 aliphatic carbocycles. The van der Waals surface area contributed by atoms with Gasteiger partial charge in [-0.2, -0.15) is 0 Å². The Labute approximate surface area is 186 Å². The molecule has 7 nitrogen and oxygen atoms in total. The van der Waals surface area contributed by atoms with Crippen molar-refractivity contribution in [3.8, 4) is 0 Å². The van der Waals surface area contributed by atoms with E-state index >= 15 is 0 Å². The third-order valence-corrected chi connectivity index (χ3v) is 6.53. The molecule has 31 heavy (non-hydrogen) atoms. The number of ether oxygens (including phenoxy) is 1. The number of para-hydroxylation sites is 1. The Morgan fingerprint density at radius 1 is 1.06 bits per heavy atom. The molecule has 0 spiro atoms. The fourth-order valence-corrected chi connectivity index (χ4v) is 5.18. The lowest BCUT2D eigenvalue weighted by molar-refractivity contribution is -0.862. The molecule has 3 rings (SSSR count). The van der Waals surface area contributed by atoms with E-state index in [1.165, 1.54) is 11.3 Å². The Morgan fingerprint density at radius 3 is 2.35 bits per heavy atom. The molecule has 0 saturated heterocycles. The zero-order valence-corrected chi connectivity index (χ0v) is 19.3. The first-order valence-corrected chi connectivity index (χ1v) is 11.4. The van der Waals surface area contributed by atoms with Crippen LogP contribution in [0.1, 0.15) is 45.3 Å². The molecule has 2 aromatic rings. The van der Waals surface area contributed by atoms with Gasteiger partial charge in [-0.05, 0) is 56.7 Å². The lowest BCUT2D eigenvalue weighted by Crippen LogP contribution is -3.11. The van der Waals surface area contributed by atoms with Crippen molar-refractivity contribution < 1.29 is 24.0 Å². The van der Waals surface area contributed by atoms with Gasteiger partial charge in [0.1, 0.15) is 5.00 Å². The number of nitrogens with one attached hydrogen (secondary N) is 3. The molecule has 0 saturated carbocycles. The molecule has 0 aliphatic heterocycles. The average Bonchev–Trinajstić information content (AvgIpc) is 3.25. The number of fused-ring (bicyclic) bond motifs is 1. The number of hydrogen-bond donors (Lipinski definition) is 3. The van der Waals surface area contributed by atoms with Crippen LogP contribution < -0.4 is 15.5 Å². The zero-order valence-electron chi connectivity index (χ0n) is 18.5. The third kappa shape index (κ3) is 5.51. The number of anilines is 2. The number of rotatable bonds is 8. The summed E-state index contributed by atoms with van der Waals surface area (Å²) in [5, 5.41) is 6.38. The summed E-state index contributed by atoms with van der Waals surface area (Å²) < 4.78 is 5.20. The molecule has 1 aromatic carbocycles. The Morgan fingerprint density at radius 2 is 1.71 bits per heavy atom. The monoisotopic (exact) mass is 444 g/mol. The normalized spacial score (nSPS) is 13.4. The van der Waals surface area contributed by atoms with Gasteiger partial charge in [-0.25, -0.2) is 4.79 Å². The quantitative estimate of drug-likeness (QED) is 0.544. The second kappa shape index (κ2) is 10.1. The first kappa shape index (κ1) is 23.0. The van der Waals surface area contributed by atoms with E-state index in [9.17, 15) is 14.4 Å².